The van der Waals surface area contributed by atoms with Crippen LogP contribution in [0.15, 0.2) is 30.3 Å². The molecule has 1 atom stereocenters. The highest BCUT2D eigenvalue weighted by Crippen LogP contribution is 2.19. The fourth-order valence-electron chi connectivity index (χ4n) is 2.30. The maximum atomic E-state index is 11.9. The van der Waals surface area contributed by atoms with Crippen molar-refractivity contribution < 1.29 is 19.4 Å². The molecule has 122 valence electrons. The molecule has 0 saturated heterocycles. The van der Waals surface area contributed by atoms with Gasteiger partial charge in [0.05, 0.1) is 12.0 Å². The lowest BCUT2D eigenvalue weighted by Gasteiger charge is -2.29. The summed E-state index contributed by atoms with van der Waals surface area (Å²) >= 11 is 0. The third kappa shape index (κ3) is 7.11. The first-order valence-electron chi connectivity index (χ1n) is 7.66. The van der Waals surface area contributed by atoms with Crippen LogP contribution in [0.3, 0.4) is 0 Å². The van der Waals surface area contributed by atoms with E-state index < -0.39 is 17.6 Å². The lowest BCUT2D eigenvalue weighted by atomic mass is 9.91. The van der Waals surface area contributed by atoms with Crippen LogP contribution in [0.25, 0.3) is 0 Å². The predicted octanol–water partition coefficient (Wildman–Crippen LogP) is 3.73. The number of carbonyl (C=O) groups is 2. The highest BCUT2D eigenvalue weighted by molar-refractivity contribution is 5.72. The van der Waals surface area contributed by atoms with Crippen LogP contribution < -0.4 is 5.32 Å². The third-order valence-electron chi connectivity index (χ3n) is 3.49. The molecule has 5 heteroatoms. The largest absolute Gasteiger partial charge is 0.481 e. The van der Waals surface area contributed by atoms with Gasteiger partial charge in [-0.25, -0.2) is 4.79 Å². The quantitative estimate of drug-likeness (QED) is 0.682. The number of carboxylic acids is 1. The third-order valence-corrected chi connectivity index (χ3v) is 3.49. The molecule has 0 spiro atoms. The molecule has 1 unspecified atom stereocenters. The van der Waals surface area contributed by atoms with Gasteiger partial charge in [0.2, 0.25) is 0 Å². The van der Waals surface area contributed by atoms with E-state index in [4.69, 9.17) is 9.84 Å². The van der Waals surface area contributed by atoms with E-state index in [-0.39, 0.29) is 13.0 Å². The van der Waals surface area contributed by atoms with Gasteiger partial charge < -0.3 is 15.2 Å². The van der Waals surface area contributed by atoms with E-state index in [9.17, 15) is 9.59 Å². The molecule has 0 heterocycles. The molecule has 0 aliphatic rings. The maximum absolute atomic E-state index is 11.9. The summed E-state index contributed by atoms with van der Waals surface area (Å²) in [5, 5.41) is 11.7. The molecule has 1 amide bonds. The Bertz CT molecular complexity index is 475. The van der Waals surface area contributed by atoms with E-state index in [1.165, 1.54) is 0 Å². The normalized spacial score (nSPS) is 13.2. The Hall–Kier alpha value is -2.04. The van der Waals surface area contributed by atoms with Gasteiger partial charge in [-0.2, -0.15) is 0 Å². The van der Waals surface area contributed by atoms with E-state index in [1.54, 1.807) is 6.92 Å². The van der Waals surface area contributed by atoms with Gasteiger partial charge in [-0.3, -0.25) is 4.79 Å². The van der Waals surface area contributed by atoms with Crippen LogP contribution in [-0.4, -0.2) is 22.7 Å². The predicted molar refractivity (Wildman–Crippen MR) is 84.6 cm³/mol. The fraction of sp³-hybridized carbons (Fsp3) is 0.529. The number of benzene rings is 1. The number of hydrogen-bond acceptors (Lipinski definition) is 3. The Labute approximate surface area is 131 Å². The number of hydrogen-bond donors (Lipinski definition) is 2. The molecule has 1 aromatic carbocycles. The lowest BCUT2D eigenvalue weighted by molar-refractivity contribution is -0.138. The van der Waals surface area contributed by atoms with Gasteiger partial charge in [-0.15, -0.1) is 0 Å². The Morgan fingerprint density at radius 2 is 1.91 bits per heavy atom. The van der Waals surface area contributed by atoms with Gasteiger partial charge in [0.1, 0.15) is 6.61 Å². The molecule has 0 aliphatic carbocycles. The van der Waals surface area contributed by atoms with Crippen LogP contribution in [0.5, 0.6) is 0 Å². The molecule has 0 bridgehead atoms. The molecule has 1 aromatic rings. The van der Waals surface area contributed by atoms with Crippen molar-refractivity contribution in [1.82, 2.24) is 5.32 Å². The number of alkyl carbamates (subject to hydrolysis) is 1. The molecule has 5 nitrogen and oxygen atoms in total. The van der Waals surface area contributed by atoms with Gasteiger partial charge in [0, 0.05) is 0 Å². The highest BCUT2D eigenvalue weighted by atomic mass is 16.5. The van der Waals surface area contributed by atoms with Crippen molar-refractivity contribution in [3.63, 3.8) is 0 Å². The second-order valence-electron chi connectivity index (χ2n) is 5.78. The van der Waals surface area contributed by atoms with Crippen LogP contribution in [0, 0.1) is 0 Å². The number of unbranched alkanes of at least 4 members (excludes halogenated alkanes) is 2. The number of ether oxygens (including phenoxy) is 1. The van der Waals surface area contributed by atoms with Crippen molar-refractivity contribution in [3.05, 3.63) is 35.9 Å². The number of carbonyl (C=O) groups excluding carboxylic acids is 1. The second kappa shape index (κ2) is 9.07. The first kappa shape index (κ1) is 18.0. The van der Waals surface area contributed by atoms with Crippen molar-refractivity contribution in [2.45, 2.75) is 58.1 Å². The van der Waals surface area contributed by atoms with Crippen LogP contribution in [0.2, 0.25) is 0 Å². The first-order chi connectivity index (χ1) is 10.4. The van der Waals surface area contributed by atoms with Gasteiger partial charge in [0.15, 0.2) is 0 Å². The van der Waals surface area contributed by atoms with Gasteiger partial charge in [-0.05, 0) is 18.9 Å². The van der Waals surface area contributed by atoms with Gasteiger partial charge in [0.25, 0.3) is 0 Å². The van der Waals surface area contributed by atoms with E-state index >= 15 is 0 Å². The molecule has 0 fully saturated rings. The summed E-state index contributed by atoms with van der Waals surface area (Å²) in [6, 6.07) is 9.36. The van der Waals surface area contributed by atoms with E-state index in [2.05, 4.69) is 12.2 Å². The van der Waals surface area contributed by atoms with Gasteiger partial charge in [-0.1, -0.05) is 56.5 Å². The zero-order valence-electron chi connectivity index (χ0n) is 13.3. The lowest BCUT2D eigenvalue weighted by Crippen LogP contribution is -2.47. The van der Waals surface area contributed by atoms with E-state index in [0.29, 0.717) is 6.42 Å². The van der Waals surface area contributed by atoms with Crippen molar-refractivity contribution in [1.29, 1.82) is 0 Å². The molecule has 0 saturated carbocycles. The monoisotopic (exact) mass is 307 g/mol. The van der Waals surface area contributed by atoms with Crippen LogP contribution >= 0.6 is 0 Å². The summed E-state index contributed by atoms with van der Waals surface area (Å²) in [7, 11) is 0. The summed E-state index contributed by atoms with van der Waals surface area (Å²) in [5.41, 5.74) is 0.109. The molecule has 2 N–H and O–H groups in total. The number of nitrogens with one attached hydrogen (secondary N) is 1. The van der Waals surface area contributed by atoms with E-state index in [0.717, 1.165) is 24.8 Å². The fourth-order valence-corrected chi connectivity index (χ4v) is 2.30. The smallest absolute Gasteiger partial charge is 0.407 e. The first-order valence-corrected chi connectivity index (χ1v) is 7.66. The summed E-state index contributed by atoms with van der Waals surface area (Å²) in [6.07, 6.45) is 2.85. The Balaban J connectivity index is 2.52. The molecular weight excluding hydrogens is 282 g/mol. The minimum absolute atomic E-state index is 0.114. The van der Waals surface area contributed by atoms with Crippen molar-refractivity contribution in [2.24, 2.45) is 0 Å². The number of aliphatic carboxylic acids is 1. The molecule has 1 rings (SSSR count). The summed E-state index contributed by atoms with van der Waals surface area (Å²) in [5.74, 6) is -0.928. The van der Waals surface area contributed by atoms with Crippen molar-refractivity contribution >= 4 is 12.1 Å². The van der Waals surface area contributed by atoms with Crippen LogP contribution in [0.1, 0.15) is 51.5 Å². The standard InChI is InChI=1S/C17H25NO4/c1-3-4-8-11-17(2,12-15(19)20)18-16(21)22-13-14-9-6-5-7-10-14/h5-7,9-10H,3-4,8,11-13H2,1-2H3,(H,18,21)(H,19,20). The highest BCUT2D eigenvalue weighted by Gasteiger charge is 2.29. The Kier molecular flexibility index (Phi) is 7.43. The van der Waals surface area contributed by atoms with E-state index in [1.807, 2.05) is 30.3 Å². The van der Waals surface area contributed by atoms with Gasteiger partial charge >= 0.3 is 12.1 Å². The number of amides is 1. The summed E-state index contributed by atoms with van der Waals surface area (Å²) in [4.78, 5) is 22.9. The summed E-state index contributed by atoms with van der Waals surface area (Å²) < 4.78 is 5.17. The molecular formula is C17H25NO4. The van der Waals surface area contributed by atoms with Crippen LogP contribution in [-0.2, 0) is 16.1 Å². The average Bonchev–Trinajstić information content (AvgIpc) is 2.45. The second-order valence-corrected chi connectivity index (χ2v) is 5.78. The molecule has 22 heavy (non-hydrogen) atoms. The molecule has 0 aromatic heterocycles. The average molecular weight is 307 g/mol. The maximum Gasteiger partial charge on any atom is 0.407 e. The van der Waals surface area contributed by atoms with Crippen molar-refractivity contribution in [2.75, 3.05) is 0 Å². The molecule has 0 radical (unpaired) electrons. The SMILES string of the molecule is CCCCCC(C)(CC(=O)O)NC(=O)OCc1ccccc1. The number of rotatable bonds is 9. The zero-order chi connectivity index (χ0) is 16.4. The minimum atomic E-state index is -0.928. The Morgan fingerprint density at radius 3 is 2.50 bits per heavy atom. The Morgan fingerprint density at radius 1 is 1.23 bits per heavy atom. The molecule has 0 aliphatic heterocycles. The topological polar surface area (TPSA) is 75.6 Å². The zero-order valence-corrected chi connectivity index (χ0v) is 13.3. The van der Waals surface area contributed by atoms with Crippen LogP contribution in [0.4, 0.5) is 4.79 Å². The summed E-state index contributed by atoms with van der Waals surface area (Å²) in [6.45, 7) is 4.00. The minimum Gasteiger partial charge on any atom is -0.481 e. The van der Waals surface area contributed by atoms with Crippen molar-refractivity contribution in [3.8, 4) is 0 Å². The number of carboxylic acid groups (broad SMARTS) is 1.